The van der Waals surface area contributed by atoms with Crippen molar-refractivity contribution in [2.24, 2.45) is 0 Å². The molecule has 0 bridgehead atoms. The van der Waals surface area contributed by atoms with E-state index in [0.29, 0.717) is 17.4 Å². The zero-order valence-corrected chi connectivity index (χ0v) is 8.34. The number of benzene rings is 1. The van der Waals surface area contributed by atoms with E-state index in [1.165, 1.54) is 24.3 Å². The number of aliphatic hydroxyl groups excluding tert-OH is 1. The van der Waals surface area contributed by atoms with Crippen LogP contribution in [0.1, 0.15) is 27.6 Å². The maximum absolute atomic E-state index is 11.4. The summed E-state index contributed by atoms with van der Waals surface area (Å²) in [5.74, 6) is -0.506. The lowest BCUT2D eigenvalue weighted by Crippen LogP contribution is -2.18. The number of hydrogen-bond acceptors (Lipinski definition) is 4. The lowest BCUT2D eigenvalue weighted by atomic mass is 10.1. The van der Waals surface area contributed by atoms with Gasteiger partial charge in [0.25, 0.3) is 0 Å². The number of carbonyl (C=O) groups excluding carboxylic acids is 2. The largest absolute Gasteiger partial charge is 0.457 e. The molecular formula is C11H12O4. The minimum absolute atomic E-state index is 0.210. The van der Waals surface area contributed by atoms with Crippen molar-refractivity contribution in [2.45, 2.75) is 13.0 Å². The Morgan fingerprint density at radius 3 is 2.53 bits per heavy atom. The minimum Gasteiger partial charge on any atom is -0.457 e. The Hall–Kier alpha value is -1.68. The molecule has 1 aromatic carbocycles. The number of hydrogen-bond donors (Lipinski definition) is 1. The number of carbonyl (C=O) groups is 2. The second kappa shape index (κ2) is 5.26. The van der Waals surface area contributed by atoms with Crippen LogP contribution >= 0.6 is 0 Å². The van der Waals surface area contributed by atoms with Crippen molar-refractivity contribution in [3.63, 3.8) is 0 Å². The fraction of sp³-hybridized carbons (Fsp3) is 0.273. The van der Waals surface area contributed by atoms with Crippen molar-refractivity contribution < 1.29 is 19.4 Å². The highest BCUT2D eigenvalue weighted by Crippen LogP contribution is 2.05. The van der Waals surface area contributed by atoms with Crippen molar-refractivity contribution in [3.8, 4) is 0 Å². The third-order valence-electron chi connectivity index (χ3n) is 1.85. The summed E-state index contributed by atoms with van der Waals surface area (Å²) >= 11 is 0. The van der Waals surface area contributed by atoms with Gasteiger partial charge in [0.15, 0.2) is 0 Å². The smallest absolute Gasteiger partial charge is 0.338 e. The Labute approximate surface area is 87.5 Å². The molecule has 0 aliphatic heterocycles. The molecule has 1 N–H and O–H groups in total. The molecule has 0 heterocycles. The van der Waals surface area contributed by atoms with E-state index < -0.39 is 12.1 Å². The number of rotatable bonds is 4. The van der Waals surface area contributed by atoms with Gasteiger partial charge in [-0.25, -0.2) is 4.79 Å². The molecule has 0 amide bonds. The molecule has 0 radical (unpaired) electrons. The maximum atomic E-state index is 11.4. The van der Waals surface area contributed by atoms with E-state index in [1.807, 2.05) is 0 Å². The van der Waals surface area contributed by atoms with Crippen LogP contribution in [0.4, 0.5) is 0 Å². The second-order valence-corrected chi connectivity index (χ2v) is 3.14. The topological polar surface area (TPSA) is 63.6 Å². The summed E-state index contributed by atoms with van der Waals surface area (Å²) in [5, 5.41) is 8.69. The predicted molar refractivity (Wildman–Crippen MR) is 53.8 cm³/mol. The van der Waals surface area contributed by atoms with Gasteiger partial charge in [-0.05, 0) is 19.1 Å². The zero-order chi connectivity index (χ0) is 11.3. The van der Waals surface area contributed by atoms with E-state index in [2.05, 4.69) is 0 Å². The van der Waals surface area contributed by atoms with Crippen LogP contribution in [0.25, 0.3) is 0 Å². The summed E-state index contributed by atoms with van der Waals surface area (Å²) in [7, 11) is 0. The summed E-state index contributed by atoms with van der Waals surface area (Å²) in [6, 6.07) is 6.09. The standard InChI is InChI=1S/C11H12O4/c1-8(6-12)15-11(14)10-4-2-9(7-13)3-5-10/h2-5,7-8,12H,6H2,1H3. The van der Waals surface area contributed by atoms with Crippen LogP contribution < -0.4 is 0 Å². The van der Waals surface area contributed by atoms with Gasteiger partial charge in [-0.15, -0.1) is 0 Å². The first-order valence-corrected chi connectivity index (χ1v) is 4.54. The molecule has 0 aromatic heterocycles. The third kappa shape index (κ3) is 3.18. The first-order valence-electron chi connectivity index (χ1n) is 4.54. The van der Waals surface area contributed by atoms with Crippen LogP contribution in [0.3, 0.4) is 0 Å². The van der Waals surface area contributed by atoms with Crippen LogP contribution in [-0.4, -0.2) is 30.1 Å². The van der Waals surface area contributed by atoms with Crippen molar-refractivity contribution in [2.75, 3.05) is 6.61 Å². The van der Waals surface area contributed by atoms with Gasteiger partial charge in [-0.2, -0.15) is 0 Å². The highest BCUT2D eigenvalue weighted by molar-refractivity contribution is 5.90. The molecule has 0 aliphatic rings. The molecule has 4 heteroatoms. The molecule has 1 atom stereocenters. The van der Waals surface area contributed by atoms with E-state index in [-0.39, 0.29) is 6.61 Å². The van der Waals surface area contributed by atoms with Gasteiger partial charge in [0.05, 0.1) is 12.2 Å². The summed E-state index contributed by atoms with van der Waals surface area (Å²) in [4.78, 5) is 21.8. The predicted octanol–water partition coefficient (Wildman–Crippen LogP) is 1.04. The number of aldehydes is 1. The Kier molecular flexibility index (Phi) is 4.00. The monoisotopic (exact) mass is 208 g/mol. The Morgan fingerprint density at radius 1 is 1.47 bits per heavy atom. The second-order valence-electron chi connectivity index (χ2n) is 3.14. The van der Waals surface area contributed by atoms with E-state index in [1.54, 1.807) is 6.92 Å². The lowest BCUT2D eigenvalue weighted by molar-refractivity contribution is 0.0197. The number of esters is 1. The molecule has 15 heavy (non-hydrogen) atoms. The van der Waals surface area contributed by atoms with Gasteiger partial charge in [-0.3, -0.25) is 4.79 Å². The average Bonchev–Trinajstić information content (AvgIpc) is 2.29. The molecule has 4 nitrogen and oxygen atoms in total. The molecule has 0 fully saturated rings. The highest BCUT2D eigenvalue weighted by Gasteiger charge is 2.10. The molecule has 0 saturated heterocycles. The van der Waals surface area contributed by atoms with E-state index in [9.17, 15) is 9.59 Å². The van der Waals surface area contributed by atoms with Gasteiger partial charge in [0, 0.05) is 5.56 Å². The molecule has 80 valence electrons. The molecule has 1 rings (SSSR count). The molecule has 1 unspecified atom stereocenters. The van der Waals surface area contributed by atoms with Crippen LogP contribution in [0, 0.1) is 0 Å². The van der Waals surface area contributed by atoms with Gasteiger partial charge in [-0.1, -0.05) is 12.1 Å². The lowest BCUT2D eigenvalue weighted by Gasteiger charge is -2.09. The molecule has 0 aliphatic carbocycles. The Morgan fingerprint density at radius 2 is 2.07 bits per heavy atom. The average molecular weight is 208 g/mol. The third-order valence-corrected chi connectivity index (χ3v) is 1.85. The van der Waals surface area contributed by atoms with Crippen molar-refractivity contribution in [1.82, 2.24) is 0 Å². The van der Waals surface area contributed by atoms with Crippen molar-refractivity contribution >= 4 is 12.3 Å². The first-order chi connectivity index (χ1) is 7.17. The summed E-state index contributed by atoms with van der Waals surface area (Å²) in [6.45, 7) is 1.38. The van der Waals surface area contributed by atoms with Crippen LogP contribution in [0.15, 0.2) is 24.3 Å². The van der Waals surface area contributed by atoms with Crippen molar-refractivity contribution in [3.05, 3.63) is 35.4 Å². The molecule has 0 saturated carbocycles. The SMILES string of the molecule is CC(CO)OC(=O)c1ccc(C=O)cc1. The molecular weight excluding hydrogens is 196 g/mol. The zero-order valence-electron chi connectivity index (χ0n) is 8.34. The fourth-order valence-corrected chi connectivity index (χ4v) is 0.986. The maximum Gasteiger partial charge on any atom is 0.338 e. The fourth-order valence-electron chi connectivity index (χ4n) is 0.986. The quantitative estimate of drug-likeness (QED) is 0.593. The molecule has 1 aromatic rings. The van der Waals surface area contributed by atoms with Crippen molar-refractivity contribution in [1.29, 1.82) is 0 Å². The Balaban J connectivity index is 2.70. The van der Waals surface area contributed by atoms with Crippen LogP contribution in [-0.2, 0) is 4.74 Å². The van der Waals surface area contributed by atoms with Gasteiger partial charge < -0.3 is 9.84 Å². The summed E-state index contributed by atoms with van der Waals surface area (Å²) < 4.78 is 4.88. The van der Waals surface area contributed by atoms with Gasteiger partial charge in [0.2, 0.25) is 0 Å². The van der Waals surface area contributed by atoms with Gasteiger partial charge in [0.1, 0.15) is 12.4 Å². The number of aliphatic hydroxyl groups is 1. The van der Waals surface area contributed by atoms with E-state index >= 15 is 0 Å². The molecule has 0 spiro atoms. The van der Waals surface area contributed by atoms with Crippen LogP contribution in [0.5, 0.6) is 0 Å². The summed E-state index contributed by atoms with van der Waals surface area (Å²) in [5.41, 5.74) is 0.864. The van der Waals surface area contributed by atoms with Gasteiger partial charge >= 0.3 is 5.97 Å². The summed E-state index contributed by atoms with van der Waals surface area (Å²) in [6.07, 6.45) is 0.175. The Bertz CT molecular complexity index is 342. The normalized spacial score (nSPS) is 11.9. The van der Waals surface area contributed by atoms with E-state index in [4.69, 9.17) is 9.84 Å². The number of ether oxygens (including phenoxy) is 1. The minimum atomic E-state index is -0.525. The van der Waals surface area contributed by atoms with E-state index in [0.717, 1.165) is 0 Å². The highest BCUT2D eigenvalue weighted by atomic mass is 16.5. The van der Waals surface area contributed by atoms with Crippen LogP contribution in [0.2, 0.25) is 0 Å². The first kappa shape index (κ1) is 11.4.